The average molecular weight is 189 g/mol. The van der Waals surface area contributed by atoms with Crippen LogP contribution in [-0.4, -0.2) is 26.7 Å². The van der Waals surface area contributed by atoms with Crippen LogP contribution in [0, 0.1) is 0 Å². The molecule has 2 heterocycles. The van der Waals surface area contributed by atoms with Gasteiger partial charge in [0.05, 0.1) is 0 Å². The van der Waals surface area contributed by atoms with Gasteiger partial charge in [0.15, 0.2) is 5.82 Å². The highest BCUT2D eigenvalue weighted by atomic mass is 15.1. The molecule has 2 aromatic heterocycles. The van der Waals surface area contributed by atoms with Crippen LogP contribution in [0.3, 0.4) is 0 Å². The lowest BCUT2D eigenvalue weighted by Gasteiger charge is -1.98. The zero-order valence-corrected chi connectivity index (χ0v) is 7.64. The van der Waals surface area contributed by atoms with Crippen molar-refractivity contribution in [1.82, 2.24) is 20.2 Å². The third kappa shape index (κ3) is 1.77. The van der Waals surface area contributed by atoms with Gasteiger partial charge in [-0.2, -0.15) is 5.10 Å². The van der Waals surface area contributed by atoms with E-state index in [4.69, 9.17) is 5.73 Å². The van der Waals surface area contributed by atoms with Gasteiger partial charge in [0, 0.05) is 18.6 Å². The lowest BCUT2D eigenvalue weighted by molar-refractivity contribution is 0.940. The van der Waals surface area contributed by atoms with E-state index in [-0.39, 0.29) is 0 Å². The first-order valence-corrected chi connectivity index (χ1v) is 4.41. The summed E-state index contributed by atoms with van der Waals surface area (Å²) < 4.78 is 0. The van der Waals surface area contributed by atoms with E-state index in [9.17, 15) is 0 Å². The van der Waals surface area contributed by atoms with E-state index in [1.807, 2.05) is 6.07 Å². The average Bonchev–Trinajstić information content (AvgIpc) is 2.72. The lowest BCUT2D eigenvalue weighted by atomic mass is 10.2. The third-order valence-electron chi connectivity index (χ3n) is 1.88. The molecule has 14 heavy (non-hydrogen) atoms. The van der Waals surface area contributed by atoms with Crippen LogP contribution in [0.2, 0.25) is 0 Å². The first kappa shape index (κ1) is 8.83. The maximum Gasteiger partial charge on any atom is 0.177 e. The van der Waals surface area contributed by atoms with Crippen molar-refractivity contribution in [2.24, 2.45) is 5.73 Å². The summed E-state index contributed by atoms with van der Waals surface area (Å²) in [6.07, 6.45) is 6.06. The van der Waals surface area contributed by atoms with Gasteiger partial charge in [0.1, 0.15) is 5.69 Å². The van der Waals surface area contributed by atoms with Crippen LogP contribution in [0.5, 0.6) is 0 Å². The lowest BCUT2D eigenvalue weighted by Crippen LogP contribution is -2.03. The van der Waals surface area contributed by atoms with Gasteiger partial charge in [-0.05, 0) is 24.6 Å². The van der Waals surface area contributed by atoms with Crippen LogP contribution < -0.4 is 5.73 Å². The molecule has 0 bridgehead atoms. The second-order valence-electron chi connectivity index (χ2n) is 2.92. The maximum atomic E-state index is 5.42. The molecule has 0 aliphatic heterocycles. The van der Waals surface area contributed by atoms with Crippen LogP contribution in [0.25, 0.3) is 11.5 Å². The fourth-order valence-corrected chi connectivity index (χ4v) is 1.17. The van der Waals surface area contributed by atoms with E-state index in [0.29, 0.717) is 12.4 Å². The molecule has 0 aliphatic carbocycles. The normalized spacial score (nSPS) is 10.4. The maximum absolute atomic E-state index is 5.42. The Labute approximate surface area is 81.4 Å². The zero-order valence-electron chi connectivity index (χ0n) is 7.64. The Morgan fingerprint density at radius 2 is 2.07 bits per heavy atom. The number of nitrogens with two attached hydrogens (primary N) is 1. The van der Waals surface area contributed by atoms with Gasteiger partial charge < -0.3 is 5.73 Å². The number of aromatic nitrogens is 4. The van der Waals surface area contributed by atoms with Gasteiger partial charge in [-0.25, -0.2) is 9.97 Å². The molecule has 0 aliphatic rings. The monoisotopic (exact) mass is 189 g/mol. The van der Waals surface area contributed by atoms with Gasteiger partial charge >= 0.3 is 0 Å². The van der Waals surface area contributed by atoms with Gasteiger partial charge in [-0.3, -0.25) is 5.10 Å². The van der Waals surface area contributed by atoms with Crippen LogP contribution >= 0.6 is 0 Å². The molecular formula is C9H11N5. The molecule has 5 nitrogen and oxygen atoms in total. The molecule has 0 fully saturated rings. The highest BCUT2D eigenvalue weighted by molar-refractivity contribution is 5.47. The first-order chi connectivity index (χ1) is 6.90. The van der Waals surface area contributed by atoms with Crippen molar-refractivity contribution in [2.45, 2.75) is 6.42 Å². The largest absolute Gasteiger partial charge is 0.330 e. The van der Waals surface area contributed by atoms with E-state index in [1.54, 1.807) is 18.6 Å². The van der Waals surface area contributed by atoms with Crippen LogP contribution in [0.1, 0.15) is 5.56 Å². The molecule has 72 valence electrons. The molecule has 2 aromatic rings. The summed E-state index contributed by atoms with van der Waals surface area (Å²) in [6, 6.07) is 1.83. The summed E-state index contributed by atoms with van der Waals surface area (Å²) in [6.45, 7) is 0.618. The molecule has 0 spiro atoms. The fraction of sp³-hybridized carbons (Fsp3) is 0.222. The predicted octanol–water partition coefficient (Wildman–Crippen LogP) is 0.368. The molecule has 0 unspecified atom stereocenters. The van der Waals surface area contributed by atoms with Gasteiger partial charge in [0.25, 0.3) is 0 Å². The topological polar surface area (TPSA) is 80.5 Å². The minimum absolute atomic E-state index is 0.618. The van der Waals surface area contributed by atoms with Crippen molar-refractivity contribution in [2.75, 3.05) is 6.54 Å². The Morgan fingerprint density at radius 3 is 2.64 bits per heavy atom. The van der Waals surface area contributed by atoms with Crippen LogP contribution in [0.4, 0.5) is 0 Å². The zero-order chi connectivity index (χ0) is 9.80. The van der Waals surface area contributed by atoms with E-state index in [0.717, 1.165) is 17.7 Å². The molecule has 0 aromatic carbocycles. The smallest absolute Gasteiger partial charge is 0.177 e. The van der Waals surface area contributed by atoms with Gasteiger partial charge in [-0.1, -0.05) is 0 Å². The van der Waals surface area contributed by atoms with Crippen molar-refractivity contribution < 1.29 is 0 Å². The molecule has 0 radical (unpaired) electrons. The summed E-state index contributed by atoms with van der Waals surface area (Å²) in [5.74, 6) is 0.656. The standard InChI is InChI=1S/C9H11N5/c10-3-1-7-5-11-9(12-6-7)8-2-4-13-14-8/h2,4-6H,1,3,10H2,(H,13,14). The van der Waals surface area contributed by atoms with Crippen LogP contribution in [0.15, 0.2) is 24.7 Å². The van der Waals surface area contributed by atoms with Gasteiger partial charge in [-0.15, -0.1) is 0 Å². The van der Waals surface area contributed by atoms with E-state index in [1.165, 1.54) is 0 Å². The molecule has 0 saturated carbocycles. The Bertz CT molecular complexity index is 378. The van der Waals surface area contributed by atoms with Crippen molar-refractivity contribution in [1.29, 1.82) is 0 Å². The summed E-state index contributed by atoms with van der Waals surface area (Å²) in [7, 11) is 0. The van der Waals surface area contributed by atoms with Crippen molar-refractivity contribution in [3.8, 4) is 11.5 Å². The second-order valence-corrected chi connectivity index (χ2v) is 2.92. The highest BCUT2D eigenvalue weighted by Gasteiger charge is 2.01. The second kappa shape index (κ2) is 3.97. The van der Waals surface area contributed by atoms with E-state index in [2.05, 4.69) is 20.2 Å². The van der Waals surface area contributed by atoms with Crippen molar-refractivity contribution in [3.05, 3.63) is 30.2 Å². The Hall–Kier alpha value is -1.75. The number of hydrogen-bond acceptors (Lipinski definition) is 4. The van der Waals surface area contributed by atoms with Gasteiger partial charge in [0.2, 0.25) is 0 Å². The fourth-order valence-electron chi connectivity index (χ4n) is 1.17. The van der Waals surface area contributed by atoms with E-state index < -0.39 is 0 Å². The summed E-state index contributed by atoms with van der Waals surface area (Å²) in [5, 5.41) is 6.64. The Morgan fingerprint density at radius 1 is 1.29 bits per heavy atom. The summed E-state index contributed by atoms with van der Waals surface area (Å²) in [4.78, 5) is 8.40. The summed E-state index contributed by atoms with van der Waals surface area (Å²) in [5.41, 5.74) is 7.30. The number of hydrogen-bond donors (Lipinski definition) is 2. The highest BCUT2D eigenvalue weighted by Crippen LogP contribution is 2.09. The third-order valence-corrected chi connectivity index (χ3v) is 1.88. The number of nitrogens with zero attached hydrogens (tertiary/aromatic N) is 3. The molecular weight excluding hydrogens is 178 g/mol. The molecule has 3 N–H and O–H groups in total. The molecule has 0 atom stereocenters. The minimum Gasteiger partial charge on any atom is -0.330 e. The number of aromatic amines is 1. The molecule has 5 heteroatoms. The number of nitrogens with one attached hydrogen (secondary N) is 1. The first-order valence-electron chi connectivity index (χ1n) is 4.41. The quantitative estimate of drug-likeness (QED) is 0.730. The van der Waals surface area contributed by atoms with E-state index >= 15 is 0 Å². The minimum atomic E-state index is 0.618. The molecule has 0 amide bonds. The van der Waals surface area contributed by atoms with Crippen molar-refractivity contribution in [3.63, 3.8) is 0 Å². The number of rotatable bonds is 3. The Balaban J connectivity index is 2.22. The Kier molecular flexibility index (Phi) is 2.51. The molecule has 2 rings (SSSR count). The van der Waals surface area contributed by atoms with Crippen molar-refractivity contribution >= 4 is 0 Å². The van der Waals surface area contributed by atoms with Crippen LogP contribution in [-0.2, 0) is 6.42 Å². The number of H-pyrrole nitrogens is 1. The predicted molar refractivity (Wildman–Crippen MR) is 52.4 cm³/mol. The summed E-state index contributed by atoms with van der Waals surface area (Å²) >= 11 is 0. The molecule has 0 saturated heterocycles. The SMILES string of the molecule is NCCc1cnc(-c2ccn[nH]2)nc1.